The minimum atomic E-state index is -0.412. The number of thioether (sulfide) groups is 1. The summed E-state index contributed by atoms with van der Waals surface area (Å²) in [5.41, 5.74) is 8.05. The second-order valence-electron chi connectivity index (χ2n) is 10.8. The maximum absolute atomic E-state index is 6.90. The van der Waals surface area contributed by atoms with Crippen LogP contribution < -0.4 is 4.90 Å². The highest BCUT2D eigenvalue weighted by molar-refractivity contribution is 9.10. The standard InChI is InChI=1S/C32H29BrClN3OS/c1-39-31-35-26-16-32(38-19-25(26)30(34)36-31)23-14-22(15-23)24-12-13-27(29(33)28(24)32)37(17-20-8-4-2-5-9-20)18-21-10-6-3-7-11-21/h2-13,22-23H,14-19H2,1H3. The Morgan fingerprint density at radius 3 is 2.28 bits per heavy atom. The summed E-state index contributed by atoms with van der Waals surface area (Å²) in [5, 5.41) is 1.24. The number of fused-ring (bicyclic) bond motifs is 1. The van der Waals surface area contributed by atoms with E-state index in [1.54, 1.807) is 0 Å². The predicted octanol–water partition coefficient (Wildman–Crippen LogP) is 8.30. The molecule has 1 aromatic heterocycles. The van der Waals surface area contributed by atoms with Gasteiger partial charge in [0.05, 0.1) is 18.0 Å². The molecule has 4 aliphatic rings. The molecule has 0 radical (unpaired) electrons. The van der Waals surface area contributed by atoms with E-state index < -0.39 is 5.60 Å². The molecule has 1 spiro atoms. The zero-order valence-corrected chi connectivity index (χ0v) is 24.9. The first-order valence-corrected chi connectivity index (χ1v) is 15.8. The number of hydrogen-bond donors (Lipinski definition) is 0. The van der Waals surface area contributed by atoms with Crippen LogP contribution in [0, 0.1) is 5.92 Å². The Kier molecular flexibility index (Phi) is 6.71. The van der Waals surface area contributed by atoms with Gasteiger partial charge in [0.2, 0.25) is 0 Å². The number of hydrogen-bond acceptors (Lipinski definition) is 5. The molecular weight excluding hydrogens is 590 g/mol. The monoisotopic (exact) mass is 617 g/mol. The summed E-state index contributed by atoms with van der Waals surface area (Å²) in [5.74, 6) is 1.07. The first kappa shape index (κ1) is 25.6. The summed E-state index contributed by atoms with van der Waals surface area (Å²) in [6.45, 7) is 2.07. The Labute approximate surface area is 247 Å². The van der Waals surface area contributed by atoms with Crippen molar-refractivity contribution in [3.8, 4) is 0 Å². The lowest BCUT2D eigenvalue weighted by Crippen LogP contribution is -2.53. The molecule has 2 bridgehead atoms. The fraction of sp³-hybridized carbons (Fsp3) is 0.312. The van der Waals surface area contributed by atoms with Crippen molar-refractivity contribution >= 4 is 45.0 Å². The Bertz CT molecular complexity index is 1490. The van der Waals surface area contributed by atoms with Gasteiger partial charge in [-0.2, -0.15) is 0 Å². The van der Waals surface area contributed by atoms with Gasteiger partial charge >= 0.3 is 0 Å². The van der Waals surface area contributed by atoms with Crippen LogP contribution in [0.25, 0.3) is 0 Å². The molecule has 198 valence electrons. The molecule has 0 saturated heterocycles. The van der Waals surface area contributed by atoms with Crippen molar-refractivity contribution in [2.75, 3.05) is 11.2 Å². The van der Waals surface area contributed by atoms with Crippen LogP contribution in [0.4, 0.5) is 5.69 Å². The van der Waals surface area contributed by atoms with Crippen molar-refractivity contribution in [3.05, 3.63) is 116 Å². The zero-order chi connectivity index (χ0) is 26.6. The van der Waals surface area contributed by atoms with Gasteiger partial charge in [-0.3, -0.25) is 0 Å². The first-order chi connectivity index (χ1) is 19.1. The maximum Gasteiger partial charge on any atom is 0.188 e. The van der Waals surface area contributed by atoms with Crippen LogP contribution in [-0.2, 0) is 36.5 Å². The second-order valence-corrected chi connectivity index (χ2v) is 12.8. The number of anilines is 1. The molecule has 1 unspecified atom stereocenters. The lowest BCUT2D eigenvalue weighted by atomic mass is 9.53. The predicted molar refractivity (Wildman–Crippen MR) is 161 cm³/mol. The van der Waals surface area contributed by atoms with Gasteiger partial charge in [-0.05, 0) is 69.6 Å². The number of benzene rings is 3. The third kappa shape index (κ3) is 4.40. The third-order valence-electron chi connectivity index (χ3n) is 8.70. The molecule has 1 saturated carbocycles. The highest BCUT2D eigenvalue weighted by Gasteiger charge is 2.57. The van der Waals surface area contributed by atoms with Crippen LogP contribution >= 0.6 is 39.3 Å². The number of rotatable bonds is 6. The fourth-order valence-electron chi connectivity index (χ4n) is 6.67. The highest BCUT2D eigenvalue weighted by atomic mass is 79.9. The summed E-state index contributed by atoms with van der Waals surface area (Å²) in [6, 6.07) is 26.1. The average Bonchev–Trinajstić information content (AvgIpc) is 2.93. The van der Waals surface area contributed by atoms with Gasteiger partial charge in [-0.1, -0.05) is 90.1 Å². The quantitative estimate of drug-likeness (QED) is 0.123. The Morgan fingerprint density at radius 2 is 1.64 bits per heavy atom. The van der Waals surface area contributed by atoms with Crippen LogP contribution in [0.3, 0.4) is 0 Å². The summed E-state index contributed by atoms with van der Waals surface area (Å²) in [6.07, 6.45) is 5.05. The number of ether oxygens (including phenoxy) is 1. The minimum absolute atomic E-state index is 0.412. The molecule has 1 fully saturated rings. The zero-order valence-electron chi connectivity index (χ0n) is 21.7. The Hall–Kier alpha value is -2.38. The van der Waals surface area contributed by atoms with Gasteiger partial charge in [0.1, 0.15) is 10.8 Å². The summed E-state index contributed by atoms with van der Waals surface area (Å²) >= 11 is 12.3. The third-order valence-corrected chi connectivity index (χ3v) is 10.4. The van der Waals surface area contributed by atoms with Crippen LogP contribution in [-0.4, -0.2) is 16.2 Å². The molecule has 3 aromatic carbocycles. The number of nitrogens with zero attached hydrogens (tertiary/aromatic N) is 3. The van der Waals surface area contributed by atoms with E-state index in [0.29, 0.717) is 23.6 Å². The number of aromatic nitrogens is 2. The van der Waals surface area contributed by atoms with Gasteiger partial charge in [-0.25, -0.2) is 9.97 Å². The van der Waals surface area contributed by atoms with Crippen LogP contribution in [0.5, 0.6) is 0 Å². The van der Waals surface area contributed by atoms with E-state index in [4.69, 9.17) is 21.3 Å². The fourth-order valence-corrected chi connectivity index (χ4v) is 8.29. The van der Waals surface area contributed by atoms with E-state index >= 15 is 0 Å². The lowest BCUT2D eigenvalue weighted by Gasteiger charge is -2.57. The van der Waals surface area contributed by atoms with Gasteiger partial charge in [-0.15, -0.1) is 0 Å². The van der Waals surface area contributed by atoms with Gasteiger partial charge in [0.15, 0.2) is 5.16 Å². The molecule has 1 aliphatic heterocycles. The highest BCUT2D eigenvalue weighted by Crippen LogP contribution is 2.63. The molecule has 8 rings (SSSR count). The summed E-state index contributed by atoms with van der Waals surface area (Å²) in [7, 11) is 0. The molecule has 0 amide bonds. The molecule has 7 heteroatoms. The molecule has 2 heterocycles. The topological polar surface area (TPSA) is 38.3 Å². The van der Waals surface area contributed by atoms with E-state index in [1.165, 1.54) is 52.5 Å². The summed E-state index contributed by atoms with van der Waals surface area (Å²) < 4.78 is 8.04. The van der Waals surface area contributed by atoms with Crippen LogP contribution in [0.15, 0.2) is 82.4 Å². The summed E-state index contributed by atoms with van der Waals surface area (Å²) in [4.78, 5) is 11.9. The Balaban J connectivity index is 1.34. The molecule has 0 N–H and O–H groups in total. The van der Waals surface area contributed by atoms with Crippen molar-refractivity contribution < 1.29 is 4.74 Å². The van der Waals surface area contributed by atoms with Gasteiger partial charge < -0.3 is 9.64 Å². The maximum atomic E-state index is 6.90. The van der Waals surface area contributed by atoms with Crippen molar-refractivity contribution in [2.24, 2.45) is 5.92 Å². The second kappa shape index (κ2) is 10.2. The first-order valence-electron chi connectivity index (χ1n) is 13.4. The molecule has 3 aliphatic carbocycles. The van der Waals surface area contributed by atoms with E-state index in [2.05, 4.69) is 98.6 Å². The minimum Gasteiger partial charge on any atom is -0.365 e. The van der Waals surface area contributed by atoms with Crippen molar-refractivity contribution in [2.45, 2.75) is 55.6 Å². The smallest absolute Gasteiger partial charge is 0.188 e. The van der Waals surface area contributed by atoms with Crippen molar-refractivity contribution in [1.29, 1.82) is 0 Å². The lowest BCUT2D eigenvalue weighted by molar-refractivity contribution is -0.151. The molecular formula is C32H29BrClN3OS. The molecule has 4 nitrogen and oxygen atoms in total. The Morgan fingerprint density at radius 1 is 0.974 bits per heavy atom. The normalized spacial score (nSPS) is 22.6. The van der Waals surface area contributed by atoms with Crippen LogP contribution in [0.2, 0.25) is 5.15 Å². The van der Waals surface area contributed by atoms with E-state index in [0.717, 1.165) is 40.4 Å². The largest absolute Gasteiger partial charge is 0.365 e. The van der Waals surface area contributed by atoms with Gasteiger partial charge in [0, 0.05) is 35.1 Å². The van der Waals surface area contributed by atoms with Crippen LogP contribution in [0.1, 0.15) is 52.3 Å². The molecule has 1 atom stereocenters. The molecule has 39 heavy (non-hydrogen) atoms. The van der Waals surface area contributed by atoms with Crippen molar-refractivity contribution in [3.63, 3.8) is 0 Å². The van der Waals surface area contributed by atoms with E-state index in [-0.39, 0.29) is 0 Å². The average molecular weight is 619 g/mol. The van der Waals surface area contributed by atoms with E-state index in [1.807, 2.05) is 6.26 Å². The van der Waals surface area contributed by atoms with Crippen molar-refractivity contribution in [1.82, 2.24) is 9.97 Å². The SMILES string of the molecule is CSc1nc(Cl)c2c(n1)CC1(OC2)c2c(ccc(N(Cc3ccccc3)Cc3ccccc3)c2Br)C2CC1C2. The van der Waals surface area contributed by atoms with Gasteiger partial charge in [0.25, 0.3) is 0 Å². The van der Waals surface area contributed by atoms with E-state index in [9.17, 15) is 0 Å². The number of halogens is 2. The molecule has 4 aromatic rings.